The fourth-order valence-corrected chi connectivity index (χ4v) is 4.70. The molecule has 1 aromatic rings. The van der Waals surface area contributed by atoms with Crippen LogP contribution in [0, 0.1) is 0 Å². The Morgan fingerprint density at radius 2 is 2.13 bits per heavy atom. The summed E-state index contributed by atoms with van der Waals surface area (Å²) in [6.07, 6.45) is 3.58. The van der Waals surface area contributed by atoms with Crippen LogP contribution in [0.3, 0.4) is 0 Å². The molecule has 80 valence electrons. The SMILES string of the molecule is CSCC1=Cc2cccc(Cl)c2S1(=O)=O. The molecular weight excluding hydrogens is 252 g/mol. The van der Waals surface area contributed by atoms with Crippen LogP contribution < -0.4 is 0 Å². The quantitative estimate of drug-likeness (QED) is 0.820. The van der Waals surface area contributed by atoms with Crippen molar-refractivity contribution in [3.05, 3.63) is 33.7 Å². The minimum atomic E-state index is -3.33. The van der Waals surface area contributed by atoms with Gasteiger partial charge < -0.3 is 0 Å². The van der Waals surface area contributed by atoms with E-state index in [0.717, 1.165) is 0 Å². The number of benzene rings is 1. The van der Waals surface area contributed by atoms with Gasteiger partial charge in [0.25, 0.3) is 0 Å². The first-order valence-electron chi connectivity index (χ1n) is 4.30. The molecule has 0 bridgehead atoms. The Morgan fingerprint density at radius 1 is 1.40 bits per heavy atom. The predicted molar refractivity (Wildman–Crippen MR) is 65.0 cm³/mol. The zero-order valence-electron chi connectivity index (χ0n) is 8.03. The molecule has 0 saturated heterocycles. The van der Waals surface area contributed by atoms with Crippen molar-refractivity contribution in [3.63, 3.8) is 0 Å². The van der Waals surface area contributed by atoms with E-state index in [1.54, 1.807) is 24.3 Å². The fourth-order valence-electron chi connectivity index (χ4n) is 1.57. The van der Waals surface area contributed by atoms with Crippen molar-refractivity contribution in [2.75, 3.05) is 12.0 Å². The first-order valence-corrected chi connectivity index (χ1v) is 7.56. The molecular formula is C10H9ClO2S2. The third kappa shape index (κ3) is 1.71. The number of sulfone groups is 1. The van der Waals surface area contributed by atoms with Crippen LogP contribution in [-0.4, -0.2) is 20.4 Å². The third-order valence-electron chi connectivity index (χ3n) is 2.21. The Labute approximate surface area is 98.2 Å². The lowest BCUT2D eigenvalue weighted by atomic mass is 10.2. The van der Waals surface area contributed by atoms with Crippen LogP contribution in [0.1, 0.15) is 5.56 Å². The van der Waals surface area contributed by atoms with E-state index < -0.39 is 9.84 Å². The summed E-state index contributed by atoms with van der Waals surface area (Å²) in [5, 5.41) is 0.305. The van der Waals surface area contributed by atoms with Crippen LogP contribution in [0.15, 0.2) is 28.0 Å². The highest BCUT2D eigenvalue weighted by molar-refractivity contribution is 8.01. The molecule has 2 nitrogen and oxygen atoms in total. The summed E-state index contributed by atoms with van der Waals surface area (Å²) in [7, 11) is -3.33. The number of hydrogen-bond acceptors (Lipinski definition) is 3. The molecule has 0 aromatic heterocycles. The van der Waals surface area contributed by atoms with Crippen molar-refractivity contribution in [2.45, 2.75) is 4.90 Å². The second-order valence-corrected chi connectivity index (χ2v) is 6.42. The summed E-state index contributed by atoms with van der Waals surface area (Å²) in [5.41, 5.74) is 0.701. The highest BCUT2D eigenvalue weighted by Gasteiger charge is 2.30. The molecule has 15 heavy (non-hydrogen) atoms. The minimum Gasteiger partial charge on any atom is -0.219 e. The lowest BCUT2D eigenvalue weighted by Gasteiger charge is -2.03. The molecule has 0 saturated carbocycles. The van der Waals surface area contributed by atoms with E-state index in [9.17, 15) is 8.42 Å². The van der Waals surface area contributed by atoms with Crippen molar-refractivity contribution >= 4 is 39.3 Å². The zero-order valence-corrected chi connectivity index (χ0v) is 10.4. The lowest BCUT2D eigenvalue weighted by Crippen LogP contribution is -2.03. The Kier molecular flexibility index (Phi) is 2.83. The average molecular weight is 261 g/mol. The lowest BCUT2D eigenvalue weighted by molar-refractivity contribution is 0.603. The van der Waals surface area contributed by atoms with E-state index in [4.69, 9.17) is 11.6 Å². The molecule has 0 amide bonds. The van der Waals surface area contributed by atoms with Gasteiger partial charge in [-0.2, -0.15) is 11.8 Å². The highest BCUT2D eigenvalue weighted by atomic mass is 35.5. The Morgan fingerprint density at radius 3 is 2.73 bits per heavy atom. The Balaban J connectivity index is 2.64. The predicted octanol–water partition coefficient (Wildman–Crippen LogP) is 2.83. The molecule has 0 radical (unpaired) electrons. The van der Waals surface area contributed by atoms with Crippen molar-refractivity contribution < 1.29 is 8.42 Å². The van der Waals surface area contributed by atoms with Crippen LogP contribution >= 0.6 is 23.4 Å². The van der Waals surface area contributed by atoms with Crippen molar-refractivity contribution in [1.82, 2.24) is 0 Å². The molecule has 5 heteroatoms. The summed E-state index contributed by atoms with van der Waals surface area (Å²) in [5.74, 6) is 0.493. The number of halogens is 1. The van der Waals surface area contributed by atoms with E-state index in [-0.39, 0.29) is 4.90 Å². The van der Waals surface area contributed by atoms with Gasteiger partial charge in [-0.3, -0.25) is 0 Å². The number of thioether (sulfide) groups is 1. The number of hydrogen-bond donors (Lipinski definition) is 0. The van der Waals surface area contributed by atoms with Gasteiger partial charge >= 0.3 is 0 Å². The molecule has 2 rings (SSSR count). The number of fused-ring (bicyclic) bond motifs is 1. The van der Waals surface area contributed by atoms with E-state index in [1.807, 2.05) is 6.26 Å². The standard InChI is InChI=1S/C10H9ClO2S2/c1-14-6-8-5-7-3-2-4-9(11)10(7)15(8,12)13/h2-5H,6H2,1H3. The zero-order chi connectivity index (χ0) is 11.1. The second-order valence-electron chi connectivity index (χ2n) is 3.21. The maximum absolute atomic E-state index is 12.0. The summed E-state index contributed by atoms with van der Waals surface area (Å²) >= 11 is 7.39. The maximum Gasteiger partial charge on any atom is 0.205 e. The van der Waals surface area contributed by atoms with Crippen LogP contribution in [0.2, 0.25) is 5.02 Å². The van der Waals surface area contributed by atoms with Crippen molar-refractivity contribution in [1.29, 1.82) is 0 Å². The molecule has 0 aliphatic carbocycles. The van der Waals surface area contributed by atoms with Gasteiger partial charge in [0.1, 0.15) is 0 Å². The smallest absolute Gasteiger partial charge is 0.205 e. The Bertz CT molecular complexity index is 532. The van der Waals surface area contributed by atoms with Crippen LogP contribution in [0.5, 0.6) is 0 Å². The minimum absolute atomic E-state index is 0.260. The molecule has 1 aliphatic rings. The van der Waals surface area contributed by atoms with Gasteiger partial charge in [0, 0.05) is 5.75 Å². The first-order chi connectivity index (χ1) is 7.07. The topological polar surface area (TPSA) is 34.1 Å². The molecule has 0 fully saturated rings. The highest BCUT2D eigenvalue weighted by Crippen LogP contribution is 2.38. The summed E-state index contributed by atoms with van der Waals surface area (Å²) in [4.78, 5) is 0.703. The van der Waals surface area contributed by atoms with Crippen LogP contribution in [0.4, 0.5) is 0 Å². The Hall–Kier alpha value is -0.450. The molecule has 1 aliphatic heterocycles. The van der Waals surface area contributed by atoms with Crippen LogP contribution in [0.25, 0.3) is 6.08 Å². The second kappa shape index (κ2) is 3.85. The van der Waals surface area contributed by atoms with E-state index in [2.05, 4.69) is 0 Å². The van der Waals surface area contributed by atoms with E-state index in [1.165, 1.54) is 11.8 Å². The largest absolute Gasteiger partial charge is 0.219 e. The van der Waals surface area contributed by atoms with Gasteiger partial charge in [0.2, 0.25) is 9.84 Å². The van der Waals surface area contributed by atoms with Gasteiger partial charge in [-0.1, -0.05) is 23.7 Å². The van der Waals surface area contributed by atoms with Gasteiger partial charge in [-0.05, 0) is 24.0 Å². The molecule has 1 aromatic carbocycles. The van der Waals surface area contributed by atoms with Gasteiger partial charge in [-0.25, -0.2) is 8.42 Å². The molecule has 0 N–H and O–H groups in total. The van der Waals surface area contributed by atoms with E-state index in [0.29, 0.717) is 21.2 Å². The summed E-state index contributed by atoms with van der Waals surface area (Å²) in [6.45, 7) is 0. The maximum atomic E-state index is 12.0. The summed E-state index contributed by atoms with van der Waals surface area (Å²) < 4.78 is 24.1. The van der Waals surface area contributed by atoms with Crippen molar-refractivity contribution in [2.24, 2.45) is 0 Å². The molecule has 0 unspecified atom stereocenters. The third-order valence-corrected chi connectivity index (χ3v) is 5.37. The molecule has 0 atom stereocenters. The van der Waals surface area contributed by atoms with Gasteiger partial charge in [0.15, 0.2) is 0 Å². The monoisotopic (exact) mass is 260 g/mol. The number of rotatable bonds is 2. The summed E-state index contributed by atoms with van der Waals surface area (Å²) in [6, 6.07) is 5.13. The first kappa shape index (κ1) is 11.0. The normalized spacial score (nSPS) is 17.3. The van der Waals surface area contributed by atoms with Gasteiger partial charge in [-0.15, -0.1) is 0 Å². The van der Waals surface area contributed by atoms with E-state index >= 15 is 0 Å². The fraction of sp³-hybridized carbons (Fsp3) is 0.200. The van der Waals surface area contributed by atoms with Crippen LogP contribution in [-0.2, 0) is 9.84 Å². The average Bonchev–Trinajstić information content (AvgIpc) is 2.40. The molecule has 1 heterocycles. The van der Waals surface area contributed by atoms with Crippen molar-refractivity contribution in [3.8, 4) is 0 Å². The van der Waals surface area contributed by atoms with Gasteiger partial charge in [0.05, 0.1) is 14.8 Å². The molecule has 0 spiro atoms.